The van der Waals surface area contributed by atoms with Crippen LogP contribution in [0.15, 0.2) is 28.8 Å². The first-order chi connectivity index (χ1) is 9.90. The topological polar surface area (TPSA) is 92.4 Å². The van der Waals surface area contributed by atoms with Gasteiger partial charge in [-0.3, -0.25) is 4.79 Å². The molecule has 1 aromatic heterocycles. The lowest BCUT2D eigenvalue weighted by Crippen LogP contribution is -2.27. The molecule has 1 heterocycles. The molecule has 0 aliphatic rings. The van der Waals surface area contributed by atoms with E-state index in [-0.39, 0.29) is 17.5 Å². The van der Waals surface area contributed by atoms with Crippen molar-refractivity contribution in [1.82, 2.24) is 10.5 Å². The van der Waals surface area contributed by atoms with Gasteiger partial charge < -0.3 is 14.9 Å². The zero-order valence-electron chi connectivity index (χ0n) is 12.0. The van der Waals surface area contributed by atoms with E-state index in [1.165, 1.54) is 24.3 Å². The van der Waals surface area contributed by atoms with E-state index in [1.807, 2.05) is 13.8 Å². The third-order valence-corrected chi connectivity index (χ3v) is 3.26. The SMILES string of the molecule is Cc1noc(C)c1C(C)NC(=O)c1ccc(C(=O)O)cc1. The van der Waals surface area contributed by atoms with Crippen molar-refractivity contribution in [3.63, 3.8) is 0 Å². The number of carbonyl (C=O) groups excluding carboxylic acids is 1. The maximum atomic E-state index is 12.1. The highest BCUT2D eigenvalue weighted by Gasteiger charge is 2.19. The van der Waals surface area contributed by atoms with Crippen LogP contribution in [0.3, 0.4) is 0 Å². The van der Waals surface area contributed by atoms with Crippen LogP contribution in [0.25, 0.3) is 0 Å². The summed E-state index contributed by atoms with van der Waals surface area (Å²) in [6.07, 6.45) is 0. The molecule has 6 heteroatoms. The van der Waals surface area contributed by atoms with Crippen LogP contribution in [0.1, 0.15) is 50.7 Å². The van der Waals surface area contributed by atoms with E-state index in [0.29, 0.717) is 11.3 Å². The largest absolute Gasteiger partial charge is 0.478 e. The molecule has 0 spiro atoms. The molecule has 21 heavy (non-hydrogen) atoms. The number of hydrogen-bond acceptors (Lipinski definition) is 4. The summed E-state index contributed by atoms with van der Waals surface area (Å²) in [5.74, 6) is -0.632. The van der Waals surface area contributed by atoms with Crippen LogP contribution < -0.4 is 5.32 Å². The summed E-state index contributed by atoms with van der Waals surface area (Å²) in [5, 5.41) is 15.5. The van der Waals surface area contributed by atoms with Gasteiger partial charge in [0.1, 0.15) is 5.76 Å². The molecule has 0 saturated heterocycles. The molecule has 2 rings (SSSR count). The van der Waals surface area contributed by atoms with Gasteiger partial charge in [-0.15, -0.1) is 0 Å². The van der Waals surface area contributed by atoms with Gasteiger partial charge in [0.25, 0.3) is 5.91 Å². The minimum atomic E-state index is -1.02. The van der Waals surface area contributed by atoms with Crippen molar-refractivity contribution in [3.8, 4) is 0 Å². The average Bonchev–Trinajstić information content (AvgIpc) is 2.78. The van der Waals surface area contributed by atoms with Gasteiger partial charge in [-0.25, -0.2) is 4.79 Å². The molecule has 2 aromatic rings. The summed E-state index contributed by atoms with van der Waals surface area (Å²) in [6.45, 7) is 5.45. The molecule has 1 atom stereocenters. The van der Waals surface area contributed by atoms with E-state index in [2.05, 4.69) is 10.5 Å². The smallest absolute Gasteiger partial charge is 0.335 e. The number of carboxylic acids is 1. The quantitative estimate of drug-likeness (QED) is 0.901. The number of benzene rings is 1. The first-order valence-corrected chi connectivity index (χ1v) is 6.47. The van der Waals surface area contributed by atoms with Gasteiger partial charge in [0.05, 0.1) is 17.3 Å². The first-order valence-electron chi connectivity index (χ1n) is 6.47. The Kier molecular flexibility index (Phi) is 4.07. The lowest BCUT2D eigenvalue weighted by Gasteiger charge is -2.13. The molecular formula is C15H16N2O4. The number of rotatable bonds is 4. The summed E-state index contributed by atoms with van der Waals surface area (Å²) >= 11 is 0. The van der Waals surface area contributed by atoms with E-state index in [1.54, 1.807) is 6.92 Å². The van der Waals surface area contributed by atoms with Crippen molar-refractivity contribution in [2.75, 3.05) is 0 Å². The number of aromatic nitrogens is 1. The number of aromatic carboxylic acids is 1. The molecule has 0 radical (unpaired) electrons. The second-order valence-corrected chi connectivity index (χ2v) is 4.82. The second kappa shape index (κ2) is 5.78. The zero-order valence-corrected chi connectivity index (χ0v) is 12.0. The highest BCUT2D eigenvalue weighted by molar-refractivity contribution is 5.96. The van der Waals surface area contributed by atoms with Crippen molar-refractivity contribution in [1.29, 1.82) is 0 Å². The van der Waals surface area contributed by atoms with Gasteiger partial charge in [-0.05, 0) is 45.0 Å². The molecule has 110 valence electrons. The number of amides is 1. The minimum Gasteiger partial charge on any atom is -0.478 e. The summed E-state index contributed by atoms with van der Waals surface area (Å²) in [4.78, 5) is 22.9. The van der Waals surface area contributed by atoms with Gasteiger partial charge >= 0.3 is 5.97 Å². The van der Waals surface area contributed by atoms with E-state index in [0.717, 1.165) is 11.3 Å². The average molecular weight is 288 g/mol. The van der Waals surface area contributed by atoms with Gasteiger partial charge in [0.15, 0.2) is 0 Å². The van der Waals surface area contributed by atoms with Crippen molar-refractivity contribution in [3.05, 3.63) is 52.4 Å². The molecule has 1 aromatic carbocycles. The molecule has 0 bridgehead atoms. The summed E-state index contributed by atoms with van der Waals surface area (Å²) < 4.78 is 5.08. The molecule has 0 aliphatic heterocycles. The van der Waals surface area contributed by atoms with Crippen LogP contribution in [-0.4, -0.2) is 22.1 Å². The molecule has 0 fully saturated rings. The maximum Gasteiger partial charge on any atom is 0.335 e. The van der Waals surface area contributed by atoms with Crippen LogP contribution in [0.2, 0.25) is 0 Å². The zero-order chi connectivity index (χ0) is 15.6. The fourth-order valence-corrected chi connectivity index (χ4v) is 2.22. The highest BCUT2D eigenvalue weighted by Crippen LogP contribution is 2.21. The Morgan fingerprint density at radius 1 is 1.19 bits per heavy atom. The summed E-state index contributed by atoms with van der Waals surface area (Å²) in [5.41, 5.74) is 2.14. The third kappa shape index (κ3) is 3.10. The van der Waals surface area contributed by atoms with Gasteiger partial charge in [0, 0.05) is 11.1 Å². The van der Waals surface area contributed by atoms with Gasteiger partial charge in [-0.1, -0.05) is 5.16 Å². The van der Waals surface area contributed by atoms with Crippen molar-refractivity contribution >= 4 is 11.9 Å². The number of nitrogens with one attached hydrogen (secondary N) is 1. The van der Waals surface area contributed by atoms with E-state index in [9.17, 15) is 9.59 Å². The Balaban J connectivity index is 2.12. The predicted molar refractivity (Wildman–Crippen MR) is 75.3 cm³/mol. The van der Waals surface area contributed by atoms with Gasteiger partial charge in [-0.2, -0.15) is 0 Å². The minimum absolute atomic E-state index is 0.144. The lowest BCUT2D eigenvalue weighted by molar-refractivity contribution is 0.0696. The molecular weight excluding hydrogens is 272 g/mol. The van der Waals surface area contributed by atoms with E-state index in [4.69, 9.17) is 9.63 Å². The predicted octanol–water partition coefficient (Wildman–Crippen LogP) is 2.48. The Labute approximate surface area is 121 Å². The monoisotopic (exact) mass is 288 g/mol. The number of aryl methyl sites for hydroxylation is 2. The molecule has 0 saturated carbocycles. The molecule has 1 amide bonds. The summed E-state index contributed by atoms with van der Waals surface area (Å²) in [7, 11) is 0. The van der Waals surface area contributed by atoms with E-state index < -0.39 is 5.97 Å². The highest BCUT2D eigenvalue weighted by atomic mass is 16.5. The number of nitrogens with zero attached hydrogens (tertiary/aromatic N) is 1. The second-order valence-electron chi connectivity index (χ2n) is 4.82. The molecule has 0 aliphatic carbocycles. The first kappa shape index (κ1) is 14.8. The van der Waals surface area contributed by atoms with Gasteiger partial charge in [0.2, 0.25) is 0 Å². The van der Waals surface area contributed by atoms with Crippen LogP contribution in [-0.2, 0) is 0 Å². The van der Waals surface area contributed by atoms with Crippen LogP contribution >= 0.6 is 0 Å². The number of carbonyl (C=O) groups is 2. The fourth-order valence-electron chi connectivity index (χ4n) is 2.22. The van der Waals surface area contributed by atoms with Crippen LogP contribution in [0, 0.1) is 13.8 Å². The Morgan fingerprint density at radius 3 is 2.24 bits per heavy atom. The third-order valence-electron chi connectivity index (χ3n) is 3.26. The molecule has 2 N–H and O–H groups in total. The normalized spacial score (nSPS) is 12.0. The Hall–Kier alpha value is -2.63. The van der Waals surface area contributed by atoms with Crippen molar-refractivity contribution in [2.45, 2.75) is 26.8 Å². The van der Waals surface area contributed by atoms with E-state index >= 15 is 0 Å². The summed E-state index contributed by atoms with van der Waals surface area (Å²) in [6, 6.07) is 5.52. The number of hydrogen-bond donors (Lipinski definition) is 2. The maximum absolute atomic E-state index is 12.1. The van der Waals surface area contributed by atoms with Crippen molar-refractivity contribution < 1.29 is 19.2 Å². The lowest BCUT2D eigenvalue weighted by atomic mass is 10.1. The Morgan fingerprint density at radius 2 is 1.76 bits per heavy atom. The molecule has 1 unspecified atom stereocenters. The van der Waals surface area contributed by atoms with Crippen LogP contribution in [0.5, 0.6) is 0 Å². The fraction of sp³-hybridized carbons (Fsp3) is 0.267. The standard InChI is InChI=1S/C15H16N2O4/c1-8(13-9(2)17-21-10(13)3)16-14(18)11-4-6-12(7-5-11)15(19)20/h4-8H,1-3H3,(H,16,18)(H,19,20). The van der Waals surface area contributed by atoms with Crippen molar-refractivity contribution in [2.24, 2.45) is 0 Å². The molecule has 6 nitrogen and oxygen atoms in total. The number of carboxylic acid groups (broad SMARTS) is 1. The van der Waals surface area contributed by atoms with Crippen LogP contribution in [0.4, 0.5) is 0 Å². The Bertz CT molecular complexity index is 654.